The van der Waals surface area contributed by atoms with Crippen LogP contribution < -0.4 is 5.32 Å². The van der Waals surface area contributed by atoms with E-state index in [-0.39, 0.29) is 25.8 Å². The van der Waals surface area contributed by atoms with Gasteiger partial charge in [0.15, 0.2) is 0 Å². The summed E-state index contributed by atoms with van der Waals surface area (Å²) in [7, 11) is 0. The summed E-state index contributed by atoms with van der Waals surface area (Å²) in [6.45, 7) is 2.93. The number of carbonyl (C=O) groups excluding carboxylic acids is 1. The number of nitrogens with one attached hydrogen (secondary N) is 1. The zero-order valence-electron chi connectivity index (χ0n) is 10.4. The lowest BCUT2D eigenvalue weighted by Gasteiger charge is -2.30. The molecule has 1 aliphatic rings. The Hall–Kier alpha value is -1.74. The van der Waals surface area contributed by atoms with Crippen LogP contribution in [0.1, 0.15) is 13.3 Å². The molecule has 2 N–H and O–H groups in total. The molecule has 1 saturated heterocycles. The topological polar surface area (TPSA) is 78.9 Å². The van der Waals surface area contributed by atoms with Crippen molar-refractivity contribution in [2.75, 3.05) is 26.3 Å². The number of rotatable bonds is 5. The molecule has 1 rings (SSSR count). The third-order valence-electron chi connectivity index (χ3n) is 2.84. The third kappa shape index (κ3) is 3.37. The predicted molar refractivity (Wildman–Crippen MR) is 65.0 cm³/mol. The van der Waals surface area contributed by atoms with Crippen LogP contribution in [0.15, 0.2) is 0 Å². The Morgan fingerprint density at radius 3 is 2.83 bits per heavy atom. The van der Waals surface area contributed by atoms with Crippen LogP contribution in [-0.4, -0.2) is 54.4 Å². The SMILES string of the molecule is C#CCNC(=O)N(CCC)C1COCC1C(=O)O. The minimum atomic E-state index is -0.941. The van der Waals surface area contributed by atoms with E-state index in [2.05, 4.69) is 11.2 Å². The van der Waals surface area contributed by atoms with Crippen LogP contribution in [0.2, 0.25) is 0 Å². The number of amides is 2. The first-order chi connectivity index (χ1) is 8.61. The minimum absolute atomic E-state index is 0.129. The van der Waals surface area contributed by atoms with Crippen LogP contribution in [0.3, 0.4) is 0 Å². The fourth-order valence-electron chi connectivity index (χ4n) is 1.97. The molecule has 1 heterocycles. The molecule has 0 radical (unpaired) electrons. The maximum Gasteiger partial charge on any atom is 0.318 e. The molecular formula is C12H18N2O4. The highest BCUT2D eigenvalue weighted by Gasteiger charge is 2.39. The van der Waals surface area contributed by atoms with Crippen molar-refractivity contribution in [2.24, 2.45) is 5.92 Å². The molecule has 2 amide bonds. The number of hydrogen-bond donors (Lipinski definition) is 2. The normalized spacial score (nSPS) is 22.2. The summed E-state index contributed by atoms with van der Waals surface area (Å²) in [6, 6.07) is -0.767. The summed E-state index contributed by atoms with van der Waals surface area (Å²) in [6.07, 6.45) is 5.82. The number of urea groups is 1. The molecule has 6 nitrogen and oxygen atoms in total. The Bertz CT molecular complexity index is 350. The number of carbonyl (C=O) groups is 2. The van der Waals surface area contributed by atoms with Crippen molar-refractivity contribution in [2.45, 2.75) is 19.4 Å². The van der Waals surface area contributed by atoms with Crippen LogP contribution in [0.4, 0.5) is 4.79 Å². The second-order valence-corrected chi connectivity index (χ2v) is 4.11. The quantitative estimate of drug-likeness (QED) is 0.684. The Morgan fingerprint density at radius 1 is 1.56 bits per heavy atom. The van der Waals surface area contributed by atoms with Crippen LogP contribution in [0.25, 0.3) is 0 Å². The lowest BCUT2D eigenvalue weighted by atomic mass is 10.0. The lowest BCUT2D eigenvalue weighted by Crippen LogP contribution is -2.51. The fourth-order valence-corrected chi connectivity index (χ4v) is 1.97. The number of nitrogens with zero attached hydrogens (tertiary/aromatic N) is 1. The first-order valence-electron chi connectivity index (χ1n) is 5.90. The molecule has 2 atom stereocenters. The molecule has 100 valence electrons. The monoisotopic (exact) mass is 254 g/mol. The first kappa shape index (κ1) is 14.3. The van der Waals surface area contributed by atoms with E-state index in [0.29, 0.717) is 6.54 Å². The van der Waals surface area contributed by atoms with Crippen molar-refractivity contribution in [3.05, 3.63) is 0 Å². The summed E-state index contributed by atoms with van der Waals surface area (Å²) in [5.74, 6) is 0.700. The van der Waals surface area contributed by atoms with Crippen molar-refractivity contribution >= 4 is 12.0 Å². The highest BCUT2D eigenvalue weighted by atomic mass is 16.5. The number of carboxylic acid groups (broad SMARTS) is 1. The molecule has 0 bridgehead atoms. The van der Waals surface area contributed by atoms with Gasteiger partial charge >= 0.3 is 12.0 Å². The number of carboxylic acids is 1. The maximum absolute atomic E-state index is 11.9. The largest absolute Gasteiger partial charge is 0.481 e. The fraction of sp³-hybridized carbons (Fsp3) is 0.667. The standard InChI is InChI=1S/C12H18N2O4/c1-3-5-13-12(17)14(6-4-2)10-8-18-7-9(10)11(15)16/h1,9-10H,4-8H2,2H3,(H,13,17)(H,15,16). The van der Waals surface area contributed by atoms with Crippen LogP contribution >= 0.6 is 0 Å². The van der Waals surface area contributed by atoms with Gasteiger partial charge < -0.3 is 20.1 Å². The van der Waals surface area contributed by atoms with E-state index in [1.165, 1.54) is 4.90 Å². The third-order valence-corrected chi connectivity index (χ3v) is 2.84. The molecule has 0 saturated carbocycles. The Morgan fingerprint density at radius 2 is 2.28 bits per heavy atom. The molecule has 0 aromatic heterocycles. The van der Waals surface area contributed by atoms with Crippen molar-refractivity contribution in [3.8, 4) is 12.3 Å². The van der Waals surface area contributed by atoms with Crippen LogP contribution in [0.5, 0.6) is 0 Å². The van der Waals surface area contributed by atoms with E-state index in [1.807, 2.05) is 6.92 Å². The van der Waals surface area contributed by atoms with E-state index in [1.54, 1.807) is 0 Å². The van der Waals surface area contributed by atoms with E-state index in [4.69, 9.17) is 16.3 Å². The van der Waals surface area contributed by atoms with Gasteiger partial charge in [0.05, 0.1) is 25.8 Å². The molecule has 1 aliphatic heterocycles. The van der Waals surface area contributed by atoms with Crippen LogP contribution in [0, 0.1) is 18.3 Å². The Labute approximate surface area is 106 Å². The summed E-state index contributed by atoms with van der Waals surface area (Å²) in [5, 5.41) is 11.6. The minimum Gasteiger partial charge on any atom is -0.481 e. The number of aliphatic carboxylic acids is 1. The molecule has 0 aromatic carbocycles. The molecule has 0 aromatic rings. The van der Waals surface area contributed by atoms with E-state index < -0.39 is 17.9 Å². The van der Waals surface area contributed by atoms with Gasteiger partial charge in [0, 0.05) is 6.54 Å². The average Bonchev–Trinajstić information content (AvgIpc) is 2.81. The smallest absolute Gasteiger partial charge is 0.318 e. The van der Waals surface area contributed by atoms with Gasteiger partial charge in [0.1, 0.15) is 5.92 Å². The molecule has 1 fully saturated rings. The van der Waals surface area contributed by atoms with Crippen LogP contribution in [-0.2, 0) is 9.53 Å². The first-order valence-corrected chi connectivity index (χ1v) is 5.90. The van der Waals surface area contributed by atoms with E-state index in [0.717, 1.165) is 6.42 Å². The summed E-state index contributed by atoms with van der Waals surface area (Å²) in [4.78, 5) is 24.5. The second-order valence-electron chi connectivity index (χ2n) is 4.11. The zero-order valence-corrected chi connectivity index (χ0v) is 10.4. The van der Waals surface area contributed by atoms with Crippen molar-refractivity contribution in [3.63, 3.8) is 0 Å². The van der Waals surface area contributed by atoms with Gasteiger partial charge in [-0.1, -0.05) is 12.8 Å². The molecule has 18 heavy (non-hydrogen) atoms. The maximum atomic E-state index is 11.9. The number of hydrogen-bond acceptors (Lipinski definition) is 3. The Balaban J connectivity index is 2.74. The second kappa shape index (κ2) is 6.87. The highest BCUT2D eigenvalue weighted by Crippen LogP contribution is 2.20. The molecule has 0 spiro atoms. The van der Waals surface area contributed by atoms with Gasteiger partial charge in [-0.25, -0.2) is 4.79 Å². The lowest BCUT2D eigenvalue weighted by molar-refractivity contribution is -0.142. The van der Waals surface area contributed by atoms with Gasteiger partial charge in [-0.15, -0.1) is 6.42 Å². The van der Waals surface area contributed by atoms with Crippen molar-refractivity contribution in [1.29, 1.82) is 0 Å². The summed E-state index contributed by atoms with van der Waals surface area (Å²) in [5.41, 5.74) is 0. The van der Waals surface area contributed by atoms with Gasteiger partial charge in [-0.3, -0.25) is 4.79 Å². The summed E-state index contributed by atoms with van der Waals surface area (Å²) >= 11 is 0. The molecule has 2 unspecified atom stereocenters. The summed E-state index contributed by atoms with van der Waals surface area (Å²) < 4.78 is 5.17. The average molecular weight is 254 g/mol. The van der Waals surface area contributed by atoms with E-state index >= 15 is 0 Å². The van der Waals surface area contributed by atoms with Crippen molar-refractivity contribution in [1.82, 2.24) is 10.2 Å². The van der Waals surface area contributed by atoms with Crippen molar-refractivity contribution < 1.29 is 19.4 Å². The van der Waals surface area contributed by atoms with E-state index in [9.17, 15) is 9.59 Å². The predicted octanol–water partition coefficient (Wildman–Crippen LogP) is 0.141. The zero-order chi connectivity index (χ0) is 13.5. The van der Waals surface area contributed by atoms with Gasteiger partial charge in [-0.05, 0) is 6.42 Å². The number of ether oxygens (including phenoxy) is 1. The molecule has 6 heteroatoms. The Kier molecular flexibility index (Phi) is 5.46. The number of terminal acetylenes is 1. The van der Waals surface area contributed by atoms with Gasteiger partial charge in [0.2, 0.25) is 0 Å². The molecular weight excluding hydrogens is 236 g/mol. The highest BCUT2D eigenvalue weighted by molar-refractivity contribution is 5.77. The van der Waals surface area contributed by atoms with Gasteiger partial charge in [-0.2, -0.15) is 0 Å². The molecule has 0 aliphatic carbocycles. The van der Waals surface area contributed by atoms with Gasteiger partial charge in [0.25, 0.3) is 0 Å².